The molecule has 0 saturated carbocycles. The topological polar surface area (TPSA) is 170 Å². The van der Waals surface area contributed by atoms with Crippen molar-refractivity contribution in [2.24, 2.45) is 0 Å². The second-order valence-corrected chi connectivity index (χ2v) is 6.01. The van der Waals surface area contributed by atoms with Crippen LogP contribution in [0.2, 0.25) is 0 Å². The Bertz CT molecular complexity index is 1120. The highest BCUT2D eigenvalue weighted by molar-refractivity contribution is 5.91. The van der Waals surface area contributed by atoms with Crippen molar-refractivity contribution in [3.05, 3.63) is 52.3 Å². The van der Waals surface area contributed by atoms with Gasteiger partial charge in [0.25, 0.3) is 5.56 Å². The fourth-order valence-electron chi connectivity index (χ4n) is 2.74. The van der Waals surface area contributed by atoms with E-state index < -0.39 is 11.5 Å². The molecule has 1 heterocycles. The van der Waals surface area contributed by atoms with Crippen LogP contribution in [0.3, 0.4) is 0 Å². The highest BCUT2D eigenvalue weighted by atomic mass is 16.5. The minimum atomic E-state index is -1.07. The van der Waals surface area contributed by atoms with E-state index in [1.54, 1.807) is 24.3 Å². The first-order valence-electron chi connectivity index (χ1n) is 8.37. The van der Waals surface area contributed by atoms with Crippen LogP contribution in [0, 0.1) is 0 Å². The van der Waals surface area contributed by atoms with Gasteiger partial charge < -0.3 is 32.0 Å². The van der Waals surface area contributed by atoms with Gasteiger partial charge in [-0.05, 0) is 48.4 Å². The van der Waals surface area contributed by atoms with Crippen LogP contribution in [0.15, 0.2) is 41.2 Å². The molecule has 0 fully saturated rings. The average molecular weight is 381 g/mol. The maximum absolute atomic E-state index is 11.9. The number of aromatic nitrogens is 2. The van der Waals surface area contributed by atoms with Gasteiger partial charge in [-0.15, -0.1) is 0 Å². The molecule has 0 spiro atoms. The predicted octanol–water partition coefficient (Wildman–Crippen LogP) is 1.95. The predicted molar refractivity (Wildman–Crippen MR) is 107 cm³/mol. The summed E-state index contributed by atoms with van der Waals surface area (Å²) in [5, 5.41) is 9.24. The number of carbonyl (C=O) groups is 1. The number of rotatable bonds is 5. The van der Waals surface area contributed by atoms with Crippen LogP contribution in [0.1, 0.15) is 17.3 Å². The number of nitrogen functional groups attached to an aromatic ring is 3. The molecule has 0 unspecified atom stereocenters. The Morgan fingerprint density at radius 1 is 1.14 bits per heavy atom. The largest absolute Gasteiger partial charge is 0.493 e. The number of benzene rings is 2. The van der Waals surface area contributed by atoms with E-state index in [1.807, 2.05) is 6.92 Å². The molecule has 0 bridgehead atoms. The number of anilines is 3. The number of carboxylic acid groups (broad SMARTS) is 1. The Morgan fingerprint density at radius 2 is 1.89 bits per heavy atom. The zero-order chi connectivity index (χ0) is 20.4. The van der Waals surface area contributed by atoms with Gasteiger partial charge in [0.1, 0.15) is 17.3 Å². The summed E-state index contributed by atoms with van der Waals surface area (Å²) < 4.78 is 5.69. The van der Waals surface area contributed by atoms with E-state index in [-0.39, 0.29) is 22.9 Å². The van der Waals surface area contributed by atoms with Gasteiger partial charge in [-0.1, -0.05) is 6.07 Å². The molecule has 144 valence electrons. The highest BCUT2D eigenvalue weighted by Gasteiger charge is 2.15. The second-order valence-electron chi connectivity index (χ2n) is 6.01. The molecule has 0 saturated heterocycles. The van der Waals surface area contributed by atoms with Gasteiger partial charge in [0.15, 0.2) is 5.82 Å². The van der Waals surface area contributed by atoms with Crippen LogP contribution >= 0.6 is 0 Å². The molecular weight excluding hydrogens is 362 g/mol. The third-order valence-electron chi connectivity index (χ3n) is 4.06. The van der Waals surface area contributed by atoms with Crippen LogP contribution < -0.4 is 27.5 Å². The minimum Gasteiger partial charge on any atom is -0.493 e. The Balaban J connectivity index is 2.15. The molecule has 1 aromatic heterocycles. The summed E-state index contributed by atoms with van der Waals surface area (Å²) in [4.78, 5) is 29.9. The second kappa shape index (κ2) is 7.31. The van der Waals surface area contributed by atoms with Gasteiger partial charge in [-0.3, -0.25) is 4.79 Å². The zero-order valence-electron chi connectivity index (χ0n) is 15.0. The number of carboxylic acids is 1. The van der Waals surface area contributed by atoms with Crippen molar-refractivity contribution in [2.75, 3.05) is 23.8 Å². The molecule has 3 aromatic rings. The van der Waals surface area contributed by atoms with Gasteiger partial charge in [0.05, 0.1) is 17.7 Å². The average Bonchev–Trinajstić information content (AvgIpc) is 2.65. The molecule has 0 radical (unpaired) electrons. The van der Waals surface area contributed by atoms with Crippen LogP contribution in [0.25, 0.3) is 22.5 Å². The Hall–Kier alpha value is -4.01. The SMILES string of the molecule is CCOc1cc(-c2cc(N)cc(C(=O)O)c2)ccc1-c1nc(N)c(N)c(=O)[nH]1. The molecule has 0 aliphatic carbocycles. The number of aromatic carboxylic acids is 1. The van der Waals surface area contributed by atoms with Gasteiger partial charge in [-0.2, -0.15) is 0 Å². The van der Waals surface area contributed by atoms with E-state index in [9.17, 15) is 14.7 Å². The van der Waals surface area contributed by atoms with Crippen molar-refractivity contribution in [2.45, 2.75) is 6.92 Å². The van der Waals surface area contributed by atoms with E-state index in [2.05, 4.69) is 9.97 Å². The molecule has 0 aliphatic rings. The monoisotopic (exact) mass is 381 g/mol. The van der Waals surface area contributed by atoms with E-state index in [0.29, 0.717) is 34.7 Å². The normalized spacial score (nSPS) is 10.6. The molecule has 3 rings (SSSR count). The fourth-order valence-corrected chi connectivity index (χ4v) is 2.74. The highest BCUT2D eigenvalue weighted by Crippen LogP contribution is 2.34. The smallest absolute Gasteiger partial charge is 0.335 e. The Kier molecular flexibility index (Phi) is 4.90. The van der Waals surface area contributed by atoms with Crippen molar-refractivity contribution in [1.82, 2.24) is 9.97 Å². The summed E-state index contributed by atoms with van der Waals surface area (Å²) in [5.74, 6) is -0.501. The van der Waals surface area contributed by atoms with E-state index in [1.165, 1.54) is 12.1 Å². The summed E-state index contributed by atoms with van der Waals surface area (Å²) in [5.41, 5.74) is 18.6. The van der Waals surface area contributed by atoms with E-state index in [0.717, 1.165) is 0 Å². The van der Waals surface area contributed by atoms with Gasteiger partial charge in [-0.25, -0.2) is 9.78 Å². The summed E-state index contributed by atoms with van der Waals surface area (Å²) in [6.45, 7) is 2.18. The maximum atomic E-state index is 11.9. The minimum absolute atomic E-state index is 0.0767. The van der Waals surface area contributed by atoms with Crippen molar-refractivity contribution >= 4 is 23.2 Å². The molecule has 0 atom stereocenters. The molecule has 0 aliphatic heterocycles. The van der Waals surface area contributed by atoms with E-state index >= 15 is 0 Å². The van der Waals surface area contributed by atoms with Crippen LogP contribution in [-0.4, -0.2) is 27.7 Å². The first-order chi connectivity index (χ1) is 13.3. The molecule has 8 N–H and O–H groups in total. The van der Waals surface area contributed by atoms with Gasteiger partial charge in [0, 0.05) is 5.69 Å². The summed E-state index contributed by atoms with van der Waals surface area (Å²) in [6.07, 6.45) is 0. The lowest BCUT2D eigenvalue weighted by atomic mass is 10.00. The lowest BCUT2D eigenvalue weighted by molar-refractivity contribution is 0.0697. The van der Waals surface area contributed by atoms with Crippen molar-refractivity contribution in [3.63, 3.8) is 0 Å². The van der Waals surface area contributed by atoms with Crippen LogP contribution in [0.5, 0.6) is 5.75 Å². The zero-order valence-corrected chi connectivity index (χ0v) is 15.0. The summed E-state index contributed by atoms with van der Waals surface area (Å²) in [7, 11) is 0. The lowest BCUT2D eigenvalue weighted by Crippen LogP contribution is -2.17. The first kappa shape index (κ1) is 18.8. The molecule has 9 nitrogen and oxygen atoms in total. The van der Waals surface area contributed by atoms with Gasteiger partial charge in [0.2, 0.25) is 0 Å². The third-order valence-corrected chi connectivity index (χ3v) is 4.06. The number of hydrogen-bond acceptors (Lipinski definition) is 7. The van der Waals surface area contributed by atoms with Crippen molar-refractivity contribution in [3.8, 4) is 28.3 Å². The summed E-state index contributed by atoms with van der Waals surface area (Å²) in [6, 6.07) is 9.72. The first-order valence-corrected chi connectivity index (χ1v) is 8.37. The quantitative estimate of drug-likeness (QED) is 0.417. The summed E-state index contributed by atoms with van der Waals surface area (Å²) >= 11 is 0. The molecule has 28 heavy (non-hydrogen) atoms. The third kappa shape index (κ3) is 3.58. The van der Waals surface area contributed by atoms with E-state index in [4.69, 9.17) is 21.9 Å². The number of nitrogens with two attached hydrogens (primary N) is 3. The Labute approximate surface area is 159 Å². The number of nitrogens with zero attached hydrogens (tertiary/aromatic N) is 1. The number of aromatic amines is 1. The fraction of sp³-hybridized carbons (Fsp3) is 0.105. The van der Waals surface area contributed by atoms with Crippen molar-refractivity contribution < 1.29 is 14.6 Å². The van der Waals surface area contributed by atoms with Gasteiger partial charge >= 0.3 is 5.97 Å². The molecular formula is C19H19N5O4. The molecule has 9 heteroatoms. The van der Waals surface area contributed by atoms with Crippen molar-refractivity contribution in [1.29, 1.82) is 0 Å². The number of nitrogens with one attached hydrogen (secondary N) is 1. The number of hydrogen-bond donors (Lipinski definition) is 5. The molecule has 2 aromatic carbocycles. The maximum Gasteiger partial charge on any atom is 0.335 e. The Morgan fingerprint density at radius 3 is 2.54 bits per heavy atom. The number of H-pyrrole nitrogens is 1. The standard InChI is InChI=1S/C19H19N5O4/c1-2-28-14-8-9(10-5-11(19(26)27)7-12(20)6-10)3-4-13(14)17-23-16(22)15(21)18(25)24-17/h3-8H,2,20-21H2,1H3,(H,26,27)(H3,22,23,24,25). The molecule has 0 amide bonds. The van der Waals surface area contributed by atoms with Crippen LogP contribution in [-0.2, 0) is 0 Å². The number of ether oxygens (including phenoxy) is 1. The lowest BCUT2D eigenvalue weighted by Gasteiger charge is -2.13. The van der Waals surface area contributed by atoms with Crippen LogP contribution in [0.4, 0.5) is 17.2 Å².